The molecule has 0 fully saturated rings. The van der Waals surface area contributed by atoms with Crippen LogP contribution >= 0.6 is 0 Å². The van der Waals surface area contributed by atoms with Gasteiger partial charge in [-0.3, -0.25) is 0 Å². The molecule has 2 aliphatic carbocycles. The van der Waals surface area contributed by atoms with E-state index in [1.165, 1.54) is 38.9 Å². The lowest BCUT2D eigenvalue weighted by atomic mass is 9.75. The van der Waals surface area contributed by atoms with E-state index in [0.29, 0.717) is 0 Å². The van der Waals surface area contributed by atoms with Crippen LogP contribution in [-0.2, 0) is 23.7 Å². The molecular formula is C40H40Si. The maximum Gasteiger partial charge on any atom is 0.134 e. The van der Waals surface area contributed by atoms with Gasteiger partial charge in [0.05, 0.1) is 0 Å². The van der Waals surface area contributed by atoms with E-state index >= 15 is 0 Å². The van der Waals surface area contributed by atoms with Gasteiger partial charge in [-0.15, -0.1) is 0 Å². The van der Waals surface area contributed by atoms with E-state index in [9.17, 15) is 0 Å². The van der Waals surface area contributed by atoms with Gasteiger partial charge in [0.2, 0.25) is 0 Å². The summed E-state index contributed by atoms with van der Waals surface area (Å²) in [5.74, 6) is 0. The molecule has 1 heteroatoms. The molecular weight excluding hydrogens is 509 g/mol. The van der Waals surface area contributed by atoms with Crippen LogP contribution in [0.3, 0.4) is 0 Å². The SMILES string of the molecule is CC(C)(C)c1cccc([SiH](c2cccc3c2Cc2ccccc2-3)c2cccc3c2Cc2ccccc2-3)c1C(C)(C)C. The van der Waals surface area contributed by atoms with Crippen molar-refractivity contribution in [3.8, 4) is 22.3 Å². The van der Waals surface area contributed by atoms with Crippen molar-refractivity contribution >= 4 is 24.4 Å². The van der Waals surface area contributed by atoms with E-state index in [1.54, 1.807) is 32.3 Å². The highest BCUT2D eigenvalue weighted by atomic mass is 28.3. The van der Waals surface area contributed by atoms with Gasteiger partial charge in [0.25, 0.3) is 0 Å². The van der Waals surface area contributed by atoms with Crippen molar-refractivity contribution in [1.82, 2.24) is 0 Å². The van der Waals surface area contributed by atoms with Gasteiger partial charge in [0.1, 0.15) is 8.80 Å². The molecule has 5 aromatic rings. The van der Waals surface area contributed by atoms with E-state index in [0.717, 1.165) is 12.8 Å². The topological polar surface area (TPSA) is 0 Å². The predicted molar refractivity (Wildman–Crippen MR) is 179 cm³/mol. The first-order valence-electron chi connectivity index (χ1n) is 15.2. The molecule has 0 atom stereocenters. The number of benzene rings is 5. The fourth-order valence-electron chi connectivity index (χ4n) is 7.68. The Morgan fingerprint density at radius 3 is 1.37 bits per heavy atom. The summed E-state index contributed by atoms with van der Waals surface area (Å²) in [5.41, 5.74) is 14.9. The van der Waals surface area contributed by atoms with Crippen LogP contribution in [0.5, 0.6) is 0 Å². The van der Waals surface area contributed by atoms with Gasteiger partial charge in [-0.25, -0.2) is 0 Å². The largest absolute Gasteiger partial charge is 0.134 e. The number of hydrogen-bond donors (Lipinski definition) is 0. The van der Waals surface area contributed by atoms with Crippen LogP contribution in [0.4, 0.5) is 0 Å². The predicted octanol–water partition coefficient (Wildman–Crippen LogP) is 7.67. The monoisotopic (exact) mass is 548 g/mol. The molecule has 0 heterocycles. The van der Waals surface area contributed by atoms with Gasteiger partial charge in [0.15, 0.2) is 0 Å². The average molecular weight is 549 g/mol. The van der Waals surface area contributed by atoms with Gasteiger partial charge in [-0.05, 0) is 94.9 Å². The molecule has 0 nitrogen and oxygen atoms in total. The third-order valence-electron chi connectivity index (χ3n) is 9.36. The van der Waals surface area contributed by atoms with Gasteiger partial charge < -0.3 is 0 Å². The minimum Gasteiger partial charge on any atom is -0.0622 e. The Labute approximate surface area is 247 Å². The molecule has 2 aliphatic rings. The fraction of sp³-hybridized carbons (Fsp3) is 0.250. The third-order valence-corrected chi connectivity index (χ3v) is 12.8. The van der Waals surface area contributed by atoms with Crippen molar-refractivity contribution in [2.45, 2.75) is 65.2 Å². The molecule has 0 saturated heterocycles. The van der Waals surface area contributed by atoms with Crippen molar-refractivity contribution in [3.63, 3.8) is 0 Å². The standard InChI is InChI=1S/C40H40Si/c1-39(2,3)34-20-13-23-37(38(34)40(4,5)6)41(35-21-11-18-30-28-16-9-7-14-26(28)24-32(30)35)36-22-12-19-31-29-17-10-8-15-27(29)25-33(31)36/h7-23,41H,24-25H2,1-6H3. The zero-order valence-electron chi connectivity index (χ0n) is 25.3. The summed E-state index contributed by atoms with van der Waals surface area (Å²) in [6, 6.07) is 39.7. The van der Waals surface area contributed by atoms with Crippen LogP contribution in [0.25, 0.3) is 22.3 Å². The molecule has 0 N–H and O–H groups in total. The molecule has 41 heavy (non-hydrogen) atoms. The maximum absolute atomic E-state index is 2.50. The number of fused-ring (bicyclic) bond motifs is 6. The smallest absolute Gasteiger partial charge is 0.0622 e. The summed E-state index contributed by atoms with van der Waals surface area (Å²) in [7, 11) is -1.90. The van der Waals surface area contributed by atoms with Gasteiger partial charge in [-0.1, -0.05) is 145 Å². The zero-order chi connectivity index (χ0) is 28.5. The summed E-state index contributed by atoms with van der Waals surface area (Å²) in [6.45, 7) is 14.4. The van der Waals surface area contributed by atoms with Crippen LogP contribution in [0.1, 0.15) is 74.9 Å². The Morgan fingerprint density at radius 2 is 0.878 bits per heavy atom. The number of rotatable bonds is 3. The highest BCUT2D eigenvalue weighted by Crippen LogP contribution is 2.39. The first-order valence-corrected chi connectivity index (χ1v) is 16.9. The van der Waals surface area contributed by atoms with Gasteiger partial charge in [-0.2, -0.15) is 0 Å². The molecule has 0 radical (unpaired) electrons. The third kappa shape index (κ3) is 4.25. The zero-order valence-corrected chi connectivity index (χ0v) is 26.5. The summed E-state index contributed by atoms with van der Waals surface area (Å²) in [6.07, 6.45) is 2.06. The second-order valence-electron chi connectivity index (χ2n) is 14.1. The van der Waals surface area contributed by atoms with Crippen LogP contribution < -0.4 is 15.6 Å². The lowest BCUT2D eigenvalue weighted by Gasteiger charge is -2.35. The van der Waals surface area contributed by atoms with E-state index in [-0.39, 0.29) is 10.8 Å². The number of hydrogen-bond acceptors (Lipinski definition) is 0. The Morgan fingerprint density at radius 1 is 0.439 bits per heavy atom. The Kier molecular flexibility index (Phi) is 6.03. The summed E-state index contributed by atoms with van der Waals surface area (Å²) in [5, 5.41) is 4.79. The quantitative estimate of drug-likeness (QED) is 0.157. The van der Waals surface area contributed by atoms with Crippen LogP contribution in [0.15, 0.2) is 103 Å². The lowest BCUT2D eigenvalue weighted by Crippen LogP contribution is -2.57. The average Bonchev–Trinajstić information content (AvgIpc) is 3.52. The highest BCUT2D eigenvalue weighted by molar-refractivity contribution is 6.96. The lowest BCUT2D eigenvalue weighted by molar-refractivity contribution is 0.533. The van der Waals surface area contributed by atoms with E-state index in [4.69, 9.17) is 0 Å². The van der Waals surface area contributed by atoms with Crippen LogP contribution in [-0.4, -0.2) is 8.80 Å². The summed E-state index contributed by atoms with van der Waals surface area (Å²) < 4.78 is 0. The minimum atomic E-state index is -1.90. The van der Waals surface area contributed by atoms with E-state index in [1.807, 2.05) is 0 Å². The molecule has 0 bridgehead atoms. The maximum atomic E-state index is 2.50. The first kappa shape index (κ1) is 26.2. The van der Waals surface area contributed by atoms with Crippen molar-refractivity contribution < 1.29 is 0 Å². The van der Waals surface area contributed by atoms with Crippen LogP contribution in [0, 0.1) is 0 Å². The van der Waals surface area contributed by atoms with E-state index in [2.05, 4.69) is 145 Å². The molecule has 7 rings (SSSR count). The first-order chi connectivity index (χ1) is 19.6. The highest BCUT2D eigenvalue weighted by Gasteiger charge is 2.36. The Bertz CT molecular complexity index is 1710. The molecule has 0 aliphatic heterocycles. The molecule has 0 unspecified atom stereocenters. The second-order valence-corrected chi connectivity index (χ2v) is 16.8. The van der Waals surface area contributed by atoms with E-state index < -0.39 is 8.80 Å². The second kappa shape index (κ2) is 9.43. The van der Waals surface area contributed by atoms with Crippen molar-refractivity contribution in [2.75, 3.05) is 0 Å². The molecule has 5 aromatic carbocycles. The molecule has 0 aromatic heterocycles. The normalized spacial score (nSPS) is 13.6. The summed E-state index contributed by atoms with van der Waals surface area (Å²) >= 11 is 0. The van der Waals surface area contributed by atoms with Crippen molar-refractivity contribution in [2.24, 2.45) is 0 Å². The van der Waals surface area contributed by atoms with Crippen LogP contribution in [0.2, 0.25) is 0 Å². The van der Waals surface area contributed by atoms with Gasteiger partial charge >= 0.3 is 0 Å². The van der Waals surface area contributed by atoms with Crippen molar-refractivity contribution in [3.05, 3.63) is 137 Å². The molecule has 0 spiro atoms. The molecule has 204 valence electrons. The van der Waals surface area contributed by atoms with Gasteiger partial charge in [0, 0.05) is 0 Å². The Balaban J connectivity index is 1.55. The fourth-order valence-corrected chi connectivity index (χ4v) is 11.7. The minimum absolute atomic E-state index is 0.0340. The molecule has 0 saturated carbocycles. The molecule has 0 amide bonds. The Hall–Kier alpha value is -3.68. The van der Waals surface area contributed by atoms with Crippen molar-refractivity contribution in [1.29, 1.82) is 0 Å². The summed E-state index contributed by atoms with van der Waals surface area (Å²) in [4.78, 5) is 0.